The molecule has 1 aromatic carbocycles. The van der Waals surface area contributed by atoms with Gasteiger partial charge in [0.15, 0.2) is 0 Å². The monoisotopic (exact) mass is 270 g/mol. The van der Waals surface area contributed by atoms with E-state index in [1.807, 2.05) is 19.2 Å². The first-order valence-corrected chi connectivity index (χ1v) is 6.74. The Balaban J connectivity index is 0.000000280. The number of rotatable bonds is 2. The lowest BCUT2D eigenvalue weighted by molar-refractivity contribution is 0.275. The van der Waals surface area contributed by atoms with Crippen LogP contribution in [0.4, 0.5) is 0 Å². The molecule has 1 heterocycles. The fraction of sp³-hybridized carbons (Fsp3) is 0.182. The van der Waals surface area contributed by atoms with Crippen molar-refractivity contribution in [2.24, 2.45) is 0 Å². The summed E-state index contributed by atoms with van der Waals surface area (Å²) in [6.07, 6.45) is 2.85. The van der Waals surface area contributed by atoms with Crippen LogP contribution in [0.25, 0.3) is 0 Å². The quantitative estimate of drug-likeness (QED) is 0.617. The zero-order valence-corrected chi connectivity index (χ0v) is 10.7. The van der Waals surface area contributed by atoms with Crippen molar-refractivity contribution in [3.05, 3.63) is 53.3 Å². The summed E-state index contributed by atoms with van der Waals surface area (Å²) in [5, 5.41) is 6.93. The number of benzene rings is 1. The molecule has 6 nitrogen and oxygen atoms in total. The summed E-state index contributed by atoms with van der Waals surface area (Å²) < 4.78 is 8.88. The molecule has 0 bridgehead atoms. The third-order valence-corrected chi connectivity index (χ3v) is 2.17. The molecule has 0 aliphatic carbocycles. The highest BCUT2D eigenvalue weighted by molar-refractivity contribution is 7.45. The van der Waals surface area contributed by atoms with Gasteiger partial charge in [-0.25, -0.2) is 4.57 Å². The van der Waals surface area contributed by atoms with Crippen molar-refractivity contribution in [2.75, 3.05) is 0 Å². The first-order chi connectivity index (χ1) is 8.36. The molecule has 98 valence electrons. The van der Waals surface area contributed by atoms with Crippen LogP contribution in [0.15, 0.2) is 36.5 Å². The summed E-state index contributed by atoms with van der Waals surface area (Å²) in [6, 6.07) is 10.4. The van der Waals surface area contributed by atoms with Gasteiger partial charge in [0.1, 0.15) is 0 Å². The maximum Gasteiger partial charge on any atom is 0.466 e. The molecule has 0 spiro atoms. The van der Waals surface area contributed by atoms with Gasteiger partial charge in [-0.3, -0.25) is 5.10 Å². The van der Waals surface area contributed by atoms with Crippen molar-refractivity contribution in [3.8, 4) is 0 Å². The molecule has 2 aromatic rings. The van der Waals surface area contributed by atoms with Crippen LogP contribution >= 0.6 is 7.82 Å². The van der Waals surface area contributed by atoms with Gasteiger partial charge in [-0.05, 0) is 18.1 Å². The largest absolute Gasteiger partial charge is 0.466 e. The Hall–Kier alpha value is -1.46. The molecule has 0 aliphatic heterocycles. The summed E-state index contributed by atoms with van der Waals surface area (Å²) in [4.78, 5) is 21.6. The molecule has 0 saturated carbocycles. The summed E-state index contributed by atoms with van der Waals surface area (Å²) >= 11 is 0. The minimum absolute atomic E-state index is 0.961. The van der Waals surface area contributed by atoms with Crippen molar-refractivity contribution in [3.63, 3.8) is 0 Å². The first kappa shape index (κ1) is 14.6. The van der Waals surface area contributed by atoms with E-state index in [9.17, 15) is 0 Å². The van der Waals surface area contributed by atoms with Gasteiger partial charge in [-0.15, -0.1) is 0 Å². The number of aryl methyl sites for hydroxylation is 1. The molecule has 0 amide bonds. The summed E-state index contributed by atoms with van der Waals surface area (Å²) in [7, 11) is -4.64. The van der Waals surface area contributed by atoms with Crippen LogP contribution in [0.5, 0.6) is 0 Å². The zero-order valence-electron chi connectivity index (χ0n) is 9.82. The molecule has 0 saturated heterocycles. The molecule has 0 unspecified atom stereocenters. The van der Waals surface area contributed by atoms with E-state index in [1.165, 1.54) is 11.1 Å². The Morgan fingerprint density at radius 2 is 1.78 bits per heavy atom. The van der Waals surface area contributed by atoms with Crippen LogP contribution in [0.2, 0.25) is 0 Å². The Morgan fingerprint density at radius 3 is 2.22 bits per heavy atom. The average molecular weight is 270 g/mol. The molecule has 0 aliphatic rings. The number of nitrogens with zero attached hydrogens (tertiary/aromatic N) is 1. The fourth-order valence-corrected chi connectivity index (χ4v) is 1.37. The Bertz CT molecular complexity index is 513. The topological polar surface area (TPSA) is 106 Å². The Labute approximate surface area is 105 Å². The molecule has 0 fully saturated rings. The van der Waals surface area contributed by atoms with E-state index >= 15 is 0 Å². The van der Waals surface area contributed by atoms with E-state index in [0.29, 0.717) is 0 Å². The highest BCUT2D eigenvalue weighted by atomic mass is 31.2. The standard InChI is InChI=1S/C11H12N2.H3O4P/c1-9-11(8-12-13-9)7-10-5-3-2-4-6-10;1-5(2,3)4/h2-6,8H,7H2,1H3,(H,12,13);(H3,1,2,3,4). The molecule has 7 heteroatoms. The number of phosphoric acid groups is 1. The van der Waals surface area contributed by atoms with Crippen molar-refractivity contribution in [1.82, 2.24) is 10.2 Å². The van der Waals surface area contributed by atoms with Crippen molar-refractivity contribution < 1.29 is 19.2 Å². The molecular formula is C11H15N2O4P. The van der Waals surface area contributed by atoms with Crippen molar-refractivity contribution >= 4 is 7.82 Å². The van der Waals surface area contributed by atoms with Crippen LogP contribution in [-0.4, -0.2) is 24.9 Å². The predicted molar refractivity (Wildman–Crippen MR) is 66.8 cm³/mol. The lowest BCUT2D eigenvalue weighted by Gasteiger charge is -1.98. The summed E-state index contributed by atoms with van der Waals surface area (Å²) in [5.41, 5.74) is 3.75. The minimum atomic E-state index is -4.64. The van der Waals surface area contributed by atoms with Crippen LogP contribution in [-0.2, 0) is 11.0 Å². The number of aromatic amines is 1. The van der Waals surface area contributed by atoms with E-state index < -0.39 is 7.82 Å². The molecule has 0 radical (unpaired) electrons. The maximum atomic E-state index is 8.88. The van der Waals surface area contributed by atoms with Crippen molar-refractivity contribution in [2.45, 2.75) is 13.3 Å². The minimum Gasteiger partial charge on any atom is -0.303 e. The highest BCUT2D eigenvalue weighted by Gasteiger charge is 2.00. The lowest BCUT2D eigenvalue weighted by Crippen LogP contribution is -1.87. The second kappa shape index (κ2) is 6.47. The fourth-order valence-electron chi connectivity index (χ4n) is 1.37. The summed E-state index contributed by atoms with van der Waals surface area (Å²) in [5.74, 6) is 0. The lowest BCUT2D eigenvalue weighted by atomic mass is 10.1. The van der Waals surface area contributed by atoms with E-state index in [4.69, 9.17) is 19.2 Å². The van der Waals surface area contributed by atoms with Gasteiger partial charge in [-0.1, -0.05) is 30.3 Å². The molecule has 2 rings (SSSR count). The second-order valence-electron chi connectivity index (χ2n) is 3.70. The second-order valence-corrected chi connectivity index (χ2v) is 4.72. The van der Waals surface area contributed by atoms with Crippen molar-refractivity contribution in [1.29, 1.82) is 0 Å². The van der Waals surface area contributed by atoms with Gasteiger partial charge < -0.3 is 14.7 Å². The van der Waals surface area contributed by atoms with E-state index in [0.717, 1.165) is 12.1 Å². The van der Waals surface area contributed by atoms with Crippen LogP contribution in [0.3, 0.4) is 0 Å². The number of H-pyrrole nitrogens is 1. The normalized spacial score (nSPS) is 10.7. The maximum absolute atomic E-state index is 8.88. The number of aromatic nitrogens is 2. The summed E-state index contributed by atoms with van der Waals surface area (Å²) in [6.45, 7) is 2.05. The smallest absolute Gasteiger partial charge is 0.303 e. The van der Waals surface area contributed by atoms with Crippen LogP contribution in [0, 0.1) is 6.92 Å². The van der Waals surface area contributed by atoms with E-state index in [1.54, 1.807) is 0 Å². The third-order valence-electron chi connectivity index (χ3n) is 2.17. The average Bonchev–Trinajstić information content (AvgIpc) is 2.64. The third kappa shape index (κ3) is 6.32. The van der Waals surface area contributed by atoms with E-state index in [-0.39, 0.29) is 0 Å². The Morgan fingerprint density at radius 1 is 1.22 bits per heavy atom. The predicted octanol–water partition coefficient (Wildman–Crippen LogP) is 1.38. The van der Waals surface area contributed by atoms with E-state index in [2.05, 4.69) is 34.5 Å². The van der Waals surface area contributed by atoms with Crippen LogP contribution < -0.4 is 0 Å². The van der Waals surface area contributed by atoms with Gasteiger partial charge >= 0.3 is 7.82 Å². The molecule has 4 N–H and O–H groups in total. The molecular weight excluding hydrogens is 255 g/mol. The highest BCUT2D eigenvalue weighted by Crippen LogP contribution is 2.25. The molecule has 0 atom stereocenters. The molecule has 1 aromatic heterocycles. The van der Waals surface area contributed by atoms with Crippen LogP contribution in [0.1, 0.15) is 16.8 Å². The van der Waals surface area contributed by atoms with Gasteiger partial charge in [0.05, 0.1) is 6.20 Å². The first-order valence-electron chi connectivity index (χ1n) is 5.17. The van der Waals surface area contributed by atoms with Gasteiger partial charge in [-0.2, -0.15) is 5.10 Å². The molecule has 18 heavy (non-hydrogen) atoms. The Kier molecular flexibility index (Phi) is 5.25. The number of hydrogen-bond donors (Lipinski definition) is 4. The van der Waals surface area contributed by atoms with Gasteiger partial charge in [0.25, 0.3) is 0 Å². The van der Waals surface area contributed by atoms with Gasteiger partial charge in [0.2, 0.25) is 0 Å². The SMILES string of the molecule is Cc1[nH]ncc1Cc1ccccc1.O=P(O)(O)O. The zero-order chi connectivity index (χ0) is 13.6. The number of nitrogens with one attached hydrogen (secondary N) is 1. The van der Waals surface area contributed by atoms with Gasteiger partial charge in [0, 0.05) is 12.1 Å². The number of hydrogen-bond acceptors (Lipinski definition) is 2.